The lowest BCUT2D eigenvalue weighted by Gasteiger charge is -2.31. The zero-order chi connectivity index (χ0) is 16.7. The number of piperidine rings is 1. The van der Waals surface area contributed by atoms with Crippen LogP contribution < -0.4 is 0 Å². The molecule has 2 aromatic rings. The van der Waals surface area contributed by atoms with Crippen LogP contribution in [-0.4, -0.2) is 35.0 Å². The van der Waals surface area contributed by atoms with Gasteiger partial charge in [-0.3, -0.25) is 9.59 Å². The number of carboxylic acids is 1. The van der Waals surface area contributed by atoms with Crippen LogP contribution >= 0.6 is 0 Å². The number of rotatable bonds is 3. The second-order valence-electron chi connectivity index (χ2n) is 7.02. The molecular weight excluding hydrogens is 302 g/mol. The molecule has 4 rings (SSSR count). The van der Waals surface area contributed by atoms with Crippen LogP contribution in [0.5, 0.6) is 0 Å². The van der Waals surface area contributed by atoms with E-state index in [2.05, 4.69) is 30.3 Å². The van der Waals surface area contributed by atoms with Crippen LogP contribution in [0.1, 0.15) is 30.7 Å². The van der Waals surface area contributed by atoms with Gasteiger partial charge in [-0.1, -0.05) is 42.5 Å². The molecule has 1 saturated heterocycles. The normalized spacial score (nSPS) is 26.3. The molecule has 1 aliphatic carbocycles. The molecule has 3 atom stereocenters. The van der Waals surface area contributed by atoms with E-state index in [9.17, 15) is 14.7 Å². The van der Waals surface area contributed by atoms with Gasteiger partial charge in [-0.2, -0.15) is 0 Å². The molecule has 1 aliphatic heterocycles. The van der Waals surface area contributed by atoms with Gasteiger partial charge in [-0.05, 0) is 41.5 Å². The number of carbonyl (C=O) groups excluding carboxylic acids is 1. The second-order valence-corrected chi connectivity index (χ2v) is 7.02. The average molecular weight is 323 g/mol. The van der Waals surface area contributed by atoms with Gasteiger partial charge in [0, 0.05) is 19.0 Å². The Kier molecular flexibility index (Phi) is 3.75. The Labute approximate surface area is 141 Å². The fourth-order valence-corrected chi connectivity index (χ4v) is 3.89. The smallest absolute Gasteiger partial charge is 0.308 e. The van der Waals surface area contributed by atoms with E-state index in [0.29, 0.717) is 19.5 Å². The molecule has 0 radical (unpaired) electrons. The second kappa shape index (κ2) is 5.93. The number of carboxylic acid groups (broad SMARTS) is 1. The Morgan fingerprint density at radius 3 is 2.67 bits per heavy atom. The van der Waals surface area contributed by atoms with Crippen molar-refractivity contribution in [2.75, 3.05) is 13.1 Å². The van der Waals surface area contributed by atoms with Crippen molar-refractivity contribution in [1.29, 1.82) is 0 Å². The van der Waals surface area contributed by atoms with E-state index in [0.717, 1.165) is 12.8 Å². The maximum atomic E-state index is 12.7. The van der Waals surface area contributed by atoms with Gasteiger partial charge in [0.15, 0.2) is 0 Å². The molecule has 1 heterocycles. The zero-order valence-corrected chi connectivity index (χ0v) is 13.5. The van der Waals surface area contributed by atoms with Crippen molar-refractivity contribution in [2.45, 2.75) is 25.2 Å². The summed E-state index contributed by atoms with van der Waals surface area (Å²) >= 11 is 0. The van der Waals surface area contributed by atoms with Crippen LogP contribution in [0.4, 0.5) is 0 Å². The number of carbonyl (C=O) groups is 2. The Balaban J connectivity index is 1.46. The van der Waals surface area contributed by atoms with E-state index in [1.807, 2.05) is 12.1 Å². The van der Waals surface area contributed by atoms with Gasteiger partial charge in [0.2, 0.25) is 5.91 Å². The number of amides is 1. The lowest BCUT2D eigenvalue weighted by Crippen LogP contribution is -2.43. The van der Waals surface area contributed by atoms with Crippen LogP contribution in [-0.2, 0) is 9.59 Å². The third-order valence-electron chi connectivity index (χ3n) is 5.39. The number of hydrogen-bond acceptors (Lipinski definition) is 2. The molecule has 4 nitrogen and oxygen atoms in total. The van der Waals surface area contributed by atoms with E-state index in [4.69, 9.17) is 0 Å². The van der Waals surface area contributed by atoms with E-state index in [1.165, 1.54) is 16.3 Å². The summed E-state index contributed by atoms with van der Waals surface area (Å²) in [5.41, 5.74) is 1.22. The minimum Gasteiger partial charge on any atom is -0.481 e. The Bertz CT molecular complexity index is 800. The number of hydrogen-bond donors (Lipinski definition) is 1. The molecule has 1 N–H and O–H groups in total. The van der Waals surface area contributed by atoms with E-state index < -0.39 is 11.9 Å². The number of nitrogens with zero attached hydrogens (tertiary/aromatic N) is 1. The molecule has 0 bridgehead atoms. The molecule has 124 valence electrons. The summed E-state index contributed by atoms with van der Waals surface area (Å²) in [6.45, 7) is 1.07. The molecule has 0 spiro atoms. The molecule has 0 aromatic heterocycles. The summed E-state index contributed by atoms with van der Waals surface area (Å²) in [6.07, 6.45) is 2.35. The van der Waals surface area contributed by atoms with Crippen LogP contribution in [0.25, 0.3) is 10.8 Å². The van der Waals surface area contributed by atoms with Crippen molar-refractivity contribution in [3.63, 3.8) is 0 Å². The van der Waals surface area contributed by atoms with Gasteiger partial charge >= 0.3 is 5.97 Å². The quantitative estimate of drug-likeness (QED) is 0.943. The first kappa shape index (κ1) is 15.2. The molecule has 1 amide bonds. The van der Waals surface area contributed by atoms with Gasteiger partial charge < -0.3 is 10.0 Å². The average Bonchev–Trinajstić information content (AvgIpc) is 3.41. The molecule has 4 heteroatoms. The van der Waals surface area contributed by atoms with E-state index >= 15 is 0 Å². The molecule has 2 unspecified atom stereocenters. The third kappa shape index (κ3) is 2.77. The third-order valence-corrected chi connectivity index (χ3v) is 5.39. The number of fused-ring (bicyclic) bond motifs is 1. The summed E-state index contributed by atoms with van der Waals surface area (Å²) in [5, 5.41) is 11.6. The Hall–Kier alpha value is -2.36. The molecule has 2 aromatic carbocycles. The Morgan fingerprint density at radius 2 is 1.88 bits per heavy atom. The lowest BCUT2D eigenvalue weighted by molar-refractivity contribution is -0.146. The molecule has 2 aliphatic rings. The van der Waals surface area contributed by atoms with Crippen LogP contribution in [0.3, 0.4) is 0 Å². The summed E-state index contributed by atoms with van der Waals surface area (Å²) in [4.78, 5) is 25.7. The summed E-state index contributed by atoms with van der Waals surface area (Å²) in [6, 6.07) is 14.7. The monoisotopic (exact) mass is 323 g/mol. The lowest BCUT2D eigenvalue weighted by atomic mass is 9.97. The SMILES string of the molecule is O=C(O)[C@H]1CCCN(C(=O)C2CC2c2ccc3ccccc3c2)C1. The van der Waals surface area contributed by atoms with Gasteiger partial charge in [0.1, 0.15) is 0 Å². The predicted octanol–water partition coefficient (Wildman–Crippen LogP) is 3.27. The van der Waals surface area contributed by atoms with Gasteiger partial charge in [0.25, 0.3) is 0 Å². The fraction of sp³-hybridized carbons (Fsp3) is 0.400. The van der Waals surface area contributed by atoms with Crippen LogP contribution in [0.15, 0.2) is 42.5 Å². The van der Waals surface area contributed by atoms with Crippen LogP contribution in [0.2, 0.25) is 0 Å². The van der Waals surface area contributed by atoms with Crippen molar-refractivity contribution < 1.29 is 14.7 Å². The largest absolute Gasteiger partial charge is 0.481 e. The first-order valence-electron chi connectivity index (χ1n) is 8.64. The summed E-state index contributed by atoms with van der Waals surface area (Å²) in [5.74, 6) is -0.736. The standard InChI is InChI=1S/C20H21NO3/c22-19(21-9-3-6-16(12-21)20(23)24)18-11-17(18)15-8-7-13-4-1-2-5-14(13)10-15/h1-2,4-5,7-8,10,16-18H,3,6,9,11-12H2,(H,23,24)/t16-,17?,18?/m0/s1. The maximum Gasteiger partial charge on any atom is 0.308 e. The van der Waals surface area contributed by atoms with Crippen molar-refractivity contribution >= 4 is 22.6 Å². The highest BCUT2D eigenvalue weighted by molar-refractivity contribution is 5.86. The minimum absolute atomic E-state index is 0.0266. The first-order valence-corrected chi connectivity index (χ1v) is 8.64. The van der Waals surface area contributed by atoms with Crippen LogP contribution in [0, 0.1) is 11.8 Å². The minimum atomic E-state index is -0.783. The van der Waals surface area contributed by atoms with Gasteiger partial charge in [0.05, 0.1) is 5.92 Å². The topological polar surface area (TPSA) is 57.6 Å². The van der Waals surface area contributed by atoms with Crippen molar-refractivity contribution in [1.82, 2.24) is 4.90 Å². The van der Waals surface area contributed by atoms with Gasteiger partial charge in [-0.15, -0.1) is 0 Å². The maximum absolute atomic E-state index is 12.7. The number of aliphatic carboxylic acids is 1. The highest BCUT2D eigenvalue weighted by Crippen LogP contribution is 2.49. The predicted molar refractivity (Wildman–Crippen MR) is 91.7 cm³/mol. The number of benzene rings is 2. The first-order chi connectivity index (χ1) is 11.6. The van der Waals surface area contributed by atoms with Crippen molar-refractivity contribution in [3.8, 4) is 0 Å². The Morgan fingerprint density at radius 1 is 1.08 bits per heavy atom. The zero-order valence-electron chi connectivity index (χ0n) is 13.5. The van der Waals surface area contributed by atoms with E-state index in [-0.39, 0.29) is 17.7 Å². The highest BCUT2D eigenvalue weighted by atomic mass is 16.4. The van der Waals surface area contributed by atoms with Crippen molar-refractivity contribution in [2.24, 2.45) is 11.8 Å². The molecule has 2 fully saturated rings. The number of likely N-dealkylation sites (tertiary alicyclic amines) is 1. The van der Waals surface area contributed by atoms with Crippen molar-refractivity contribution in [3.05, 3.63) is 48.0 Å². The molecular formula is C20H21NO3. The van der Waals surface area contributed by atoms with Gasteiger partial charge in [-0.25, -0.2) is 0 Å². The molecule has 1 saturated carbocycles. The fourth-order valence-electron chi connectivity index (χ4n) is 3.89. The summed E-state index contributed by atoms with van der Waals surface area (Å²) in [7, 11) is 0. The summed E-state index contributed by atoms with van der Waals surface area (Å²) < 4.78 is 0. The highest BCUT2D eigenvalue weighted by Gasteiger charge is 2.46. The van der Waals surface area contributed by atoms with E-state index in [1.54, 1.807) is 4.90 Å². The molecule has 24 heavy (non-hydrogen) atoms.